The maximum atomic E-state index is 14.8. The number of fused-ring (bicyclic) bond motifs is 1. The Morgan fingerprint density at radius 1 is 0.905 bits per heavy atom. The third-order valence-electron chi connectivity index (χ3n) is 7.52. The standard InChI is InChI=1S/C31H32F2N6O3/c32-26-9-8-21(19-28-22-6-2-3-7-23(22)30(41)37-36-28)18-24(26)31(42)39-16-14-38(15-17-39)13-5-1-4-11-35-29(40)25-20-34-12-10-27(25)33/h2-3,6-10,12,18,20H,1,4-5,11,13-17,19H2,(H,35,40)(H,37,41). The Morgan fingerprint density at radius 2 is 1.67 bits per heavy atom. The van der Waals surface area contributed by atoms with E-state index in [4.69, 9.17) is 0 Å². The third kappa shape index (κ3) is 6.85. The molecular formula is C31H32F2N6O3. The van der Waals surface area contributed by atoms with Crippen LogP contribution in [0.2, 0.25) is 0 Å². The van der Waals surface area contributed by atoms with Crippen molar-refractivity contribution >= 4 is 22.6 Å². The Labute approximate surface area is 241 Å². The molecule has 0 radical (unpaired) electrons. The van der Waals surface area contributed by atoms with E-state index >= 15 is 0 Å². The highest BCUT2D eigenvalue weighted by molar-refractivity contribution is 5.95. The molecule has 0 spiro atoms. The molecule has 0 aliphatic carbocycles. The smallest absolute Gasteiger partial charge is 0.272 e. The molecule has 218 valence electrons. The fourth-order valence-corrected chi connectivity index (χ4v) is 5.17. The molecule has 0 bridgehead atoms. The van der Waals surface area contributed by atoms with Crippen LogP contribution in [0.3, 0.4) is 0 Å². The molecule has 5 rings (SSSR count). The number of nitrogens with zero attached hydrogens (tertiary/aromatic N) is 4. The van der Waals surface area contributed by atoms with Gasteiger partial charge in [0.15, 0.2) is 0 Å². The second-order valence-corrected chi connectivity index (χ2v) is 10.3. The summed E-state index contributed by atoms with van der Waals surface area (Å²) in [5, 5.41) is 10.7. The average Bonchev–Trinajstić information content (AvgIpc) is 3.01. The van der Waals surface area contributed by atoms with E-state index in [0.717, 1.165) is 42.8 Å². The van der Waals surface area contributed by atoms with Crippen LogP contribution in [0.15, 0.2) is 65.7 Å². The van der Waals surface area contributed by atoms with Gasteiger partial charge >= 0.3 is 0 Å². The van der Waals surface area contributed by atoms with E-state index in [9.17, 15) is 23.2 Å². The minimum absolute atomic E-state index is 0.0305. The molecule has 2 aromatic carbocycles. The molecule has 1 aliphatic heterocycles. The first-order valence-corrected chi connectivity index (χ1v) is 14.0. The minimum Gasteiger partial charge on any atom is -0.352 e. The zero-order chi connectivity index (χ0) is 29.5. The van der Waals surface area contributed by atoms with Crippen LogP contribution in [-0.2, 0) is 6.42 Å². The lowest BCUT2D eigenvalue weighted by atomic mass is 10.0. The zero-order valence-electron chi connectivity index (χ0n) is 23.1. The monoisotopic (exact) mass is 574 g/mol. The number of carbonyl (C=O) groups is 2. The van der Waals surface area contributed by atoms with E-state index in [-0.39, 0.29) is 22.6 Å². The molecule has 1 fully saturated rings. The Morgan fingerprint density at radius 3 is 2.45 bits per heavy atom. The topological polar surface area (TPSA) is 111 Å². The van der Waals surface area contributed by atoms with E-state index in [2.05, 4.69) is 25.4 Å². The van der Waals surface area contributed by atoms with Gasteiger partial charge in [-0.05, 0) is 49.2 Å². The molecule has 2 aromatic heterocycles. The van der Waals surface area contributed by atoms with E-state index in [1.54, 1.807) is 29.2 Å². The molecule has 1 saturated heterocycles. The van der Waals surface area contributed by atoms with Gasteiger partial charge in [0.1, 0.15) is 11.6 Å². The van der Waals surface area contributed by atoms with Crippen molar-refractivity contribution in [2.75, 3.05) is 39.3 Å². The van der Waals surface area contributed by atoms with Crippen LogP contribution in [0.1, 0.15) is 51.2 Å². The summed E-state index contributed by atoms with van der Waals surface area (Å²) in [6, 6.07) is 12.8. The van der Waals surface area contributed by atoms with Gasteiger partial charge in [0.05, 0.1) is 22.2 Å². The molecule has 42 heavy (non-hydrogen) atoms. The molecule has 0 unspecified atom stereocenters. The van der Waals surface area contributed by atoms with Crippen molar-refractivity contribution in [3.63, 3.8) is 0 Å². The quantitative estimate of drug-likeness (QED) is 0.281. The van der Waals surface area contributed by atoms with Gasteiger partial charge in [0.25, 0.3) is 17.4 Å². The number of nitrogens with one attached hydrogen (secondary N) is 2. The summed E-state index contributed by atoms with van der Waals surface area (Å²) >= 11 is 0. The predicted octanol–water partition coefficient (Wildman–Crippen LogP) is 3.55. The van der Waals surface area contributed by atoms with Gasteiger partial charge in [-0.1, -0.05) is 30.7 Å². The highest BCUT2D eigenvalue weighted by Crippen LogP contribution is 2.20. The summed E-state index contributed by atoms with van der Waals surface area (Å²) < 4.78 is 28.4. The lowest BCUT2D eigenvalue weighted by Gasteiger charge is -2.35. The van der Waals surface area contributed by atoms with Crippen molar-refractivity contribution in [1.82, 2.24) is 30.3 Å². The second kappa shape index (κ2) is 13.4. The largest absolute Gasteiger partial charge is 0.352 e. The SMILES string of the molecule is O=C(NCCCCCN1CCN(C(=O)c2cc(Cc3n[nH]c(=O)c4ccccc34)ccc2F)CC1)c1cnccc1F. The number of aromatic nitrogens is 3. The molecule has 3 heterocycles. The van der Waals surface area contributed by atoms with E-state index in [0.29, 0.717) is 50.2 Å². The highest BCUT2D eigenvalue weighted by atomic mass is 19.1. The van der Waals surface area contributed by atoms with Crippen molar-refractivity contribution in [2.45, 2.75) is 25.7 Å². The number of H-pyrrole nitrogens is 1. The Bertz CT molecular complexity index is 1630. The van der Waals surface area contributed by atoms with Gasteiger partial charge in [0, 0.05) is 56.9 Å². The number of hydrogen-bond donors (Lipinski definition) is 2. The van der Waals surface area contributed by atoms with Crippen LogP contribution in [0, 0.1) is 11.6 Å². The van der Waals surface area contributed by atoms with Crippen molar-refractivity contribution in [3.8, 4) is 0 Å². The predicted molar refractivity (Wildman–Crippen MR) is 154 cm³/mol. The summed E-state index contributed by atoms with van der Waals surface area (Å²) in [5.41, 5.74) is 1.07. The summed E-state index contributed by atoms with van der Waals surface area (Å²) in [5.74, 6) is -1.96. The number of amides is 2. The summed E-state index contributed by atoms with van der Waals surface area (Å²) in [6.07, 6.45) is 5.45. The third-order valence-corrected chi connectivity index (χ3v) is 7.52. The van der Waals surface area contributed by atoms with Crippen molar-refractivity contribution < 1.29 is 18.4 Å². The molecule has 4 aromatic rings. The zero-order valence-corrected chi connectivity index (χ0v) is 23.1. The van der Waals surface area contributed by atoms with Gasteiger partial charge in [-0.25, -0.2) is 13.9 Å². The Kier molecular flexibility index (Phi) is 9.28. The number of benzene rings is 2. The van der Waals surface area contributed by atoms with Gasteiger partial charge in [0.2, 0.25) is 0 Å². The summed E-state index contributed by atoms with van der Waals surface area (Å²) in [7, 11) is 0. The van der Waals surface area contributed by atoms with Crippen LogP contribution in [-0.4, -0.2) is 76.1 Å². The first-order valence-electron chi connectivity index (χ1n) is 14.0. The molecule has 11 heteroatoms. The normalized spacial score (nSPS) is 13.8. The maximum Gasteiger partial charge on any atom is 0.272 e. The van der Waals surface area contributed by atoms with Gasteiger partial charge in [-0.2, -0.15) is 5.10 Å². The van der Waals surface area contributed by atoms with Crippen molar-refractivity contribution in [2.24, 2.45) is 0 Å². The molecule has 1 aliphatic rings. The number of hydrogen-bond acceptors (Lipinski definition) is 6. The molecule has 2 amide bonds. The van der Waals surface area contributed by atoms with Gasteiger partial charge < -0.3 is 10.2 Å². The van der Waals surface area contributed by atoms with Crippen LogP contribution < -0.4 is 10.9 Å². The van der Waals surface area contributed by atoms with Crippen molar-refractivity contribution in [3.05, 3.63) is 105 Å². The number of rotatable bonds is 10. The van der Waals surface area contributed by atoms with E-state index in [1.807, 2.05) is 12.1 Å². The lowest BCUT2D eigenvalue weighted by Crippen LogP contribution is -2.49. The molecular weight excluding hydrogens is 542 g/mol. The Balaban J connectivity index is 1.08. The summed E-state index contributed by atoms with van der Waals surface area (Å²) in [6.45, 7) is 3.70. The first-order chi connectivity index (χ1) is 20.4. The highest BCUT2D eigenvalue weighted by Gasteiger charge is 2.24. The molecule has 0 atom stereocenters. The number of carbonyl (C=O) groups excluding carboxylic acids is 2. The lowest BCUT2D eigenvalue weighted by molar-refractivity contribution is 0.0630. The maximum absolute atomic E-state index is 14.8. The number of aromatic amines is 1. The Hall–Kier alpha value is -4.51. The van der Waals surface area contributed by atoms with E-state index < -0.39 is 17.5 Å². The second-order valence-electron chi connectivity index (χ2n) is 10.3. The minimum atomic E-state index is -0.590. The fraction of sp³-hybridized carbons (Fsp3) is 0.323. The van der Waals surface area contributed by atoms with Crippen LogP contribution in [0.4, 0.5) is 8.78 Å². The number of pyridine rings is 1. The summed E-state index contributed by atoms with van der Waals surface area (Å²) in [4.78, 5) is 45.1. The van der Waals surface area contributed by atoms with Crippen LogP contribution >= 0.6 is 0 Å². The van der Waals surface area contributed by atoms with E-state index in [1.165, 1.54) is 18.5 Å². The number of piperazine rings is 1. The average molecular weight is 575 g/mol. The van der Waals surface area contributed by atoms with Crippen LogP contribution in [0.25, 0.3) is 10.8 Å². The van der Waals surface area contributed by atoms with Crippen LogP contribution in [0.5, 0.6) is 0 Å². The number of halogens is 2. The van der Waals surface area contributed by atoms with Gasteiger partial charge in [-0.15, -0.1) is 0 Å². The number of unbranched alkanes of at least 4 members (excludes halogenated alkanes) is 2. The molecule has 2 N–H and O–H groups in total. The van der Waals surface area contributed by atoms with Gasteiger partial charge in [-0.3, -0.25) is 24.3 Å². The molecule has 9 nitrogen and oxygen atoms in total. The molecule has 0 saturated carbocycles. The first kappa shape index (κ1) is 29.0. The van der Waals surface area contributed by atoms with Crippen molar-refractivity contribution in [1.29, 1.82) is 0 Å². The fourth-order valence-electron chi connectivity index (χ4n) is 5.17.